The first-order valence-corrected chi connectivity index (χ1v) is 15.7. The molecular weight excluding hydrogens is 555 g/mol. The molecule has 0 radical (unpaired) electrons. The van der Waals surface area contributed by atoms with Gasteiger partial charge in [0, 0.05) is 36.5 Å². The minimum atomic E-state index is 0.857. The van der Waals surface area contributed by atoms with Crippen LogP contribution in [-0.4, -0.2) is 14.6 Å². The molecular formula is C40H27N3S. The predicted molar refractivity (Wildman–Crippen MR) is 187 cm³/mol. The minimum Gasteiger partial charge on any atom is -0.274 e. The van der Waals surface area contributed by atoms with Crippen molar-refractivity contribution >= 4 is 58.8 Å². The maximum absolute atomic E-state index is 4.67. The molecule has 0 saturated heterocycles. The Morgan fingerprint density at radius 1 is 0.500 bits per heavy atom. The van der Waals surface area contributed by atoms with Gasteiger partial charge in [0.25, 0.3) is 0 Å². The summed E-state index contributed by atoms with van der Waals surface area (Å²) in [5.41, 5.74) is 10.7. The van der Waals surface area contributed by atoms with E-state index in [1.807, 2.05) is 29.5 Å². The maximum Gasteiger partial charge on any atom is 0.169 e. The molecule has 4 heteroatoms. The van der Waals surface area contributed by atoms with Gasteiger partial charge in [-0.3, -0.25) is 4.40 Å². The lowest BCUT2D eigenvalue weighted by Gasteiger charge is -2.15. The summed E-state index contributed by atoms with van der Waals surface area (Å²) in [6, 6.07) is 45.9. The molecule has 0 bridgehead atoms. The smallest absolute Gasteiger partial charge is 0.169 e. The fourth-order valence-corrected chi connectivity index (χ4v) is 8.10. The van der Waals surface area contributed by atoms with Gasteiger partial charge < -0.3 is 0 Å². The largest absolute Gasteiger partial charge is 0.274 e. The number of fused-ring (bicyclic) bond motifs is 9. The zero-order valence-electron chi connectivity index (χ0n) is 24.4. The van der Waals surface area contributed by atoms with Crippen LogP contribution in [0.5, 0.6) is 0 Å². The summed E-state index contributed by atoms with van der Waals surface area (Å²) < 4.78 is 4.90. The third-order valence-electron chi connectivity index (χ3n) is 8.97. The van der Waals surface area contributed by atoms with Crippen molar-refractivity contribution in [3.63, 3.8) is 0 Å². The van der Waals surface area contributed by atoms with E-state index in [4.69, 9.17) is 0 Å². The number of rotatable bonds is 3. The van der Waals surface area contributed by atoms with Crippen molar-refractivity contribution in [1.82, 2.24) is 14.6 Å². The van der Waals surface area contributed by atoms with Gasteiger partial charge in [-0.05, 0) is 70.8 Å². The summed E-state index contributed by atoms with van der Waals surface area (Å²) >= 11 is 1.89. The fourth-order valence-electron chi connectivity index (χ4n) is 6.86. The SMILES string of the molecule is Cc1cc(-c2cccc3c2sc2ccccc23)c(C)cc1-c1ccc2c(c1)c1ccccc1c1nnc(-c3ccccc3)n21. The number of aromatic nitrogens is 3. The summed E-state index contributed by atoms with van der Waals surface area (Å²) in [4.78, 5) is 0. The lowest BCUT2D eigenvalue weighted by Crippen LogP contribution is -1.95. The van der Waals surface area contributed by atoms with Gasteiger partial charge in [0.1, 0.15) is 0 Å². The van der Waals surface area contributed by atoms with E-state index in [-0.39, 0.29) is 0 Å². The molecule has 0 aliphatic rings. The topological polar surface area (TPSA) is 30.2 Å². The molecule has 44 heavy (non-hydrogen) atoms. The standard InChI is InChI=1S/C40H27N3S/c1-24-22-34(31-17-10-16-30-29-14-8-9-18-37(29)44-38(30)31)25(2)21-33(24)27-19-20-36-35(23-27)28-13-6-7-15-32(28)40-42-41-39(43(36)40)26-11-4-3-5-12-26/h3-23H,1-2H3. The Morgan fingerprint density at radius 2 is 1.20 bits per heavy atom. The number of benzene rings is 6. The second-order valence-electron chi connectivity index (χ2n) is 11.6. The van der Waals surface area contributed by atoms with Crippen LogP contribution >= 0.6 is 11.3 Å². The summed E-state index contributed by atoms with van der Waals surface area (Å²) in [6.45, 7) is 4.48. The molecule has 0 saturated carbocycles. The van der Waals surface area contributed by atoms with Gasteiger partial charge in [-0.15, -0.1) is 21.5 Å². The predicted octanol–water partition coefficient (Wildman–Crippen LogP) is 11.0. The summed E-state index contributed by atoms with van der Waals surface area (Å²) in [5, 5.41) is 15.5. The highest BCUT2D eigenvalue weighted by Gasteiger charge is 2.18. The average Bonchev–Trinajstić information content (AvgIpc) is 3.69. The van der Waals surface area contributed by atoms with Gasteiger partial charge in [-0.25, -0.2) is 0 Å². The van der Waals surface area contributed by atoms with E-state index in [0.29, 0.717) is 0 Å². The zero-order valence-corrected chi connectivity index (χ0v) is 25.2. The van der Waals surface area contributed by atoms with Gasteiger partial charge in [-0.2, -0.15) is 0 Å². The van der Waals surface area contributed by atoms with Crippen LogP contribution < -0.4 is 0 Å². The first-order valence-electron chi connectivity index (χ1n) is 14.9. The van der Waals surface area contributed by atoms with Crippen LogP contribution in [0.2, 0.25) is 0 Å². The Morgan fingerprint density at radius 3 is 2.07 bits per heavy atom. The highest BCUT2D eigenvalue weighted by Crippen LogP contribution is 2.42. The maximum atomic E-state index is 4.67. The lowest BCUT2D eigenvalue weighted by molar-refractivity contribution is 1.12. The molecule has 3 heterocycles. The molecule has 3 aromatic heterocycles. The minimum absolute atomic E-state index is 0.857. The molecule has 0 aliphatic heterocycles. The third-order valence-corrected chi connectivity index (χ3v) is 10.2. The number of nitrogens with zero attached hydrogens (tertiary/aromatic N) is 3. The molecule has 0 N–H and O–H groups in total. The second kappa shape index (κ2) is 9.60. The third kappa shape index (κ3) is 3.68. The Bertz CT molecular complexity index is 2570. The van der Waals surface area contributed by atoms with Crippen LogP contribution in [0, 0.1) is 13.8 Å². The summed E-state index contributed by atoms with van der Waals surface area (Å²) in [5.74, 6) is 0.857. The molecule has 0 amide bonds. The Kier molecular flexibility index (Phi) is 5.50. The molecule has 9 aromatic rings. The Balaban J connectivity index is 1.25. The molecule has 0 fully saturated rings. The van der Waals surface area contributed by atoms with Crippen LogP contribution in [0.15, 0.2) is 127 Å². The first kappa shape index (κ1) is 25.2. The second-order valence-corrected chi connectivity index (χ2v) is 12.6. The van der Waals surface area contributed by atoms with Gasteiger partial charge in [0.05, 0.1) is 5.52 Å². The molecule has 9 rings (SSSR count). The highest BCUT2D eigenvalue weighted by molar-refractivity contribution is 7.26. The molecule has 0 spiro atoms. The molecule has 0 atom stereocenters. The van der Waals surface area contributed by atoms with Crippen LogP contribution in [0.4, 0.5) is 0 Å². The molecule has 208 valence electrons. The van der Waals surface area contributed by atoms with E-state index in [1.165, 1.54) is 64.3 Å². The average molecular weight is 582 g/mol. The van der Waals surface area contributed by atoms with Crippen molar-refractivity contribution in [1.29, 1.82) is 0 Å². The molecule has 0 aliphatic carbocycles. The number of hydrogen-bond donors (Lipinski definition) is 0. The van der Waals surface area contributed by atoms with Gasteiger partial charge in [0.2, 0.25) is 0 Å². The number of aryl methyl sites for hydroxylation is 2. The Hall–Kier alpha value is -5.32. The lowest BCUT2D eigenvalue weighted by atomic mass is 9.90. The zero-order chi connectivity index (χ0) is 29.4. The molecule has 3 nitrogen and oxygen atoms in total. The highest BCUT2D eigenvalue weighted by atomic mass is 32.1. The summed E-state index contributed by atoms with van der Waals surface area (Å²) in [7, 11) is 0. The Labute approximate surface area is 258 Å². The van der Waals surface area contributed by atoms with Gasteiger partial charge in [-0.1, -0.05) is 109 Å². The van der Waals surface area contributed by atoms with E-state index in [9.17, 15) is 0 Å². The van der Waals surface area contributed by atoms with Crippen molar-refractivity contribution < 1.29 is 0 Å². The number of pyridine rings is 1. The number of thiophene rings is 1. The normalized spacial score (nSPS) is 11.9. The van der Waals surface area contributed by atoms with E-state index >= 15 is 0 Å². The van der Waals surface area contributed by atoms with Crippen LogP contribution in [0.3, 0.4) is 0 Å². The van der Waals surface area contributed by atoms with Crippen molar-refractivity contribution in [3.8, 4) is 33.6 Å². The molecule has 0 unspecified atom stereocenters. The van der Waals surface area contributed by atoms with Crippen molar-refractivity contribution in [2.75, 3.05) is 0 Å². The van der Waals surface area contributed by atoms with Crippen molar-refractivity contribution in [2.24, 2.45) is 0 Å². The van der Waals surface area contributed by atoms with Crippen LogP contribution in [-0.2, 0) is 0 Å². The monoisotopic (exact) mass is 581 g/mol. The van der Waals surface area contributed by atoms with E-state index in [1.54, 1.807) is 0 Å². The summed E-state index contributed by atoms with van der Waals surface area (Å²) in [6.07, 6.45) is 0. The van der Waals surface area contributed by atoms with Crippen LogP contribution in [0.1, 0.15) is 11.1 Å². The van der Waals surface area contributed by atoms with E-state index < -0.39 is 0 Å². The first-order chi connectivity index (χ1) is 21.7. The van der Waals surface area contributed by atoms with Crippen molar-refractivity contribution in [2.45, 2.75) is 13.8 Å². The quantitative estimate of drug-likeness (QED) is 0.194. The molecule has 6 aromatic carbocycles. The van der Waals surface area contributed by atoms with Crippen LogP contribution in [0.25, 0.3) is 81.1 Å². The number of hydrogen-bond acceptors (Lipinski definition) is 3. The van der Waals surface area contributed by atoms with E-state index in [0.717, 1.165) is 27.9 Å². The van der Waals surface area contributed by atoms with Crippen molar-refractivity contribution in [3.05, 3.63) is 139 Å². The van der Waals surface area contributed by atoms with Gasteiger partial charge >= 0.3 is 0 Å². The van der Waals surface area contributed by atoms with E-state index in [2.05, 4.69) is 138 Å². The fraction of sp³-hybridized carbons (Fsp3) is 0.0500. The van der Waals surface area contributed by atoms with Gasteiger partial charge in [0.15, 0.2) is 11.5 Å².